The first-order valence-electron chi connectivity index (χ1n) is 10.1. The molecular formula is C22H23ClFN5O2. The average Bonchev–Trinajstić information content (AvgIpc) is 3.05. The second-order valence-electron chi connectivity index (χ2n) is 7.89. The summed E-state index contributed by atoms with van der Waals surface area (Å²) in [5.41, 5.74) is 1.08. The van der Waals surface area contributed by atoms with Gasteiger partial charge in [-0.05, 0) is 43.5 Å². The van der Waals surface area contributed by atoms with Crippen LogP contribution in [0.25, 0.3) is 11.5 Å². The zero-order valence-electron chi connectivity index (χ0n) is 17.1. The van der Waals surface area contributed by atoms with E-state index in [0.29, 0.717) is 54.6 Å². The Morgan fingerprint density at radius 3 is 2.48 bits per heavy atom. The molecule has 0 unspecified atom stereocenters. The van der Waals surface area contributed by atoms with E-state index in [1.807, 2.05) is 0 Å². The van der Waals surface area contributed by atoms with E-state index in [1.54, 1.807) is 47.1 Å². The van der Waals surface area contributed by atoms with Gasteiger partial charge < -0.3 is 10.0 Å². The molecule has 0 saturated carbocycles. The Morgan fingerprint density at radius 2 is 1.84 bits per heavy atom. The molecule has 162 valence electrons. The highest BCUT2D eigenvalue weighted by Gasteiger charge is 2.34. The Hall–Kier alpha value is -2.84. The zero-order chi connectivity index (χ0) is 22.0. The Labute approximate surface area is 184 Å². The van der Waals surface area contributed by atoms with Crippen LogP contribution in [0.2, 0.25) is 5.02 Å². The van der Waals surface area contributed by atoms with Gasteiger partial charge in [0.1, 0.15) is 18.1 Å². The fraction of sp³-hybridized carbons (Fsp3) is 0.364. The summed E-state index contributed by atoms with van der Waals surface area (Å²) in [6.07, 6.45) is 4.57. The summed E-state index contributed by atoms with van der Waals surface area (Å²) in [4.78, 5) is 22.9. The van der Waals surface area contributed by atoms with Gasteiger partial charge in [0, 0.05) is 31.9 Å². The minimum Gasteiger partial charge on any atom is -0.389 e. The lowest BCUT2D eigenvalue weighted by molar-refractivity contribution is -0.136. The molecule has 0 bridgehead atoms. The van der Waals surface area contributed by atoms with Crippen LogP contribution < -0.4 is 0 Å². The maximum Gasteiger partial charge on any atom is 0.244 e. The first-order valence-corrected chi connectivity index (χ1v) is 10.5. The van der Waals surface area contributed by atoms with E-state index < -0.39 is 5.60 Å². The quantitative estimate of drug-likeness (QED) is 0.655. The monoisotopic (exact) mass is 443 g/mol. The number of piperidine rings is 1. The topological polar surface area (TPSA) is 84.1 Å². The molecule has 0 radical (unpaired) electrons. The van der Waals surface area contributed by atoms with Crippen molar-refractivity contribution in [2.75, 3.05) is 13.1 Å². The highest BCUT2D eigenvalue weighted by atomic mass is 35.5. The van der Waals surface area contributed by atoms with Gasteiger partial charge in [-0.3, -0.25) is 9.48 Å². The second kappa shape index (κ2) is 8.72. The lowest BCUT2D eigenvalue weighted by Gasteiger charge is -2.38. The van der Waals surface area contributed by atoms with Crippen LogP contribution in [0.5, 0.6) is 0 Å². The summed E-state index contributed by atoms with van der Waals surface area (Å²) in [6.45, 7) is 2.74. The summed E-state index contributed by atoms with van der Waals surface area (Å²) in [5.74, 6) is 0.0180. The van der Waals surface area contributed by atoms with Crippen LogP contribution in [0.4, 0.5) is 4.39 Å². The van der Waals surface area contributed by atoms with E-state index in [0.717, 1.165) is 5.56 Å². The van der Waals surface area contributed by atoms with Gasteiger partial charge in [-0.15, -0.1) is 0 Å². The van der Waals surface area contributed by atoms with Crippen molar-refractivity contribution >= 4 is 17.5 Å². The van der Waals surface area contributed by atoms with Crippen LogP contribution in [0, 0.1) is 12.7 Å². The van der Waals surface area contributed by atoms with Crippen LogP contribution >= 0.6 is 11.6 Å². The van der Waals surface area contributed by atoms with Crippen LogP contribution in [0.3, 0.4) is 0 Å². The summed E-state index contributed by atoms with van der Waals surface area (Å²) in [7, 11) is 0. The maximum absolute atomic E-state index is 13.1. The van der Waals surface area contributed by atoms with E-state index in [-0.39, 0.29) is 18.3 Å². The summed E-state index contributed by atoms with van der Waals surface area (Å²) >= 11 is 6.40. The SMILES string of the molecule is Cc1c(Cl)c(-c2ncccn2)nn1CC(=O)N1CCC(O)(Cc2ccc(F)cc2)CC1. The van der Waals surface area contributed by atoms with Gasteiger partial charge in [0.15, 0.2) is 5.82 Å². The number of carbonyl (C=O) groups excluding carboxylic acids is 1. The van der Waals surface area contributed by atoms with Crippen molar-refractivity contribution in [2.24, 2.45) is 0 Å². The Bertz CT molecular complexity index is 1060. The standard InChI is InChI=1S/C22H23ClFN5O2/c1-15-19(23)20(21-25-9-2-10-26-21)27-29(15)14-18(30)28-11-7-22(31,8-12-28)13-16-3-5-17(24)6-4-16/h2-6,9-10,31H,7-8,11-14H2,1H3. The summed E-state index contributed by atoms with van der Waals surface area (Å²) in [6, 6.07) is 7.86. The van der Waals surface area contributed by atoms with Gasteiger partial charge in [0.05, 0.1) is 16.3 Å². The number of likely N-dealkylation sites (tertiary alicyclic amines) is 1. The molecule has 3 heterocycles. The molecule has 1 amide bonds. The van der Waals surface area contributed by atoms with Crippen molar-refractivity contribution in [1.29, 1.82) is 0 Å². The van der Waals surface area contributed by atoms with E-state index >= 15 is 0 Å². The van der Waals surface area contributed by atoms with E-state index in [2.05, 4.69) is 15.1 Å². The molecule has 3 aromatic rings. The minimum atomic E-state index is -0.905. The molecule has 0 atom stereocenters. The predicted molar refractivity (Wildman–Crippen MR) is 114 cm³/mol. The van der Waals surface area contributed by atoms with Gasteiger partial charge in [0.2, 0.25) is 5.91 Å². The number of carbonyl (C=O) groups is 1. The highest BCUT2D eigenvalue weighted by molar-refractivity contribution is 6.33. The molecule has 4 rings (SSSR count). The van der Waals surface area contributed by atoms with Gasteiger partial charge in [-0.2, -0.15) is 5.10 Å². The number of halogens is 2. The smallest absolute Gasteiger partial charge is 0.244 e. The first kappa shape index (κ1) is 21.4. The molecule has 9 heteroatoms. The molecule has 0 aliphatic carbocycles. The lowest BCUT2D eigenvalue weighted by atomic mass is 9.85. The minimum absolute atomic E-state index is 0.0504. The van der Waals surface area contributed by atoms with Crippen LogP contribution in [0.1, 0.15) is 24.1 Å². The molecule has 1 saturated heterocycles. The number of hydrogen-bond donors (Lipinski definition) is 1. The van der Waals surface area contributed by atoms with Crippen LogP contribution in [0.15, 0.2) is 42.7 Å². The number of benzene rings is 1. The normalized spacial score (nSPS) is 15.8. The molecule has 31 heavy (non-hydrogen) atoms. The molecule has 7 nitrogen and oxygen atoms in total. The fourth-order valence-corrected chi connectivity index (χ4v) is 4.02. The number of nitrogens with zero attached hydrogens (tertiary/aromatic N) is 5. The van der Waals surface area contributed by atoms with Gasteiger partial charge in [-0.1, -0.05) is 23.7 Å². The second-order valence-corrected chi connectivity index (χ2v) is 8.26. The molecule has 2 aromatic heterocycles. The lowest BCUT2D eigenvalue weighted by Crippen LogP contribution is -2.48. The van der Waals surface area contributed by atoms with Gasteiger partial charge in [-0.25, -0.2) is 14.4 Å². The third kappa shape index (κ3) is 4.75. The number of rotatable bonds is 5. The fourth-order valence-electron chi connectivity index (χ4n) is 3.80. The van der Waals surface area contributed by atoms with Crippen molar-refractivity contribution in [3.63, 3.8) is 0 Å². The van der Waals surface area contributed by atoms with Crippen molar-refractivity contribution in [2.45, 2.75) is 38.3 Å². The number of aliphatic hydroxyl groups is 1. The van der Waals surface area contributed by atoms with Gasteiger partial charge >= 0.3 is 0 Å². The maximum atomic E-state index is 13.1. The molecule has 1 N–H and O–H groups in total. The van der Waals surface area contributed by atoms with Crippen molar-refractivity contribution in [3.8, 4) is 11.5 Å². The molecule has 1 aliphatic heterocycles. The first-order chi connectivity index (χ1) is 14.8. The van der Waals surface area contributed by atoms with Crippen molar-refractivity contribution in [1.82, 2.24) is 24.6 Å². The van der Waals surface area contributed by atoms with E-state index in [9.17, 15) is 14.3 Å². The van der Waals surface area contributed by atoms with E-state index in [4.69, 9.17) is 11.6 Å². The molecular weight excluding hydrogens is 421 g/mol. The van der Waals surface area contributed by atoms with Crippen molar-refractivity contribution < 1.29 is 14.3 Å². The third-order valence-electron chi connectivity index (χ3n) is 5.69. The van der Waals surface area contributed by atoms with Crippen LogP contribution in [-0.2, 0) is 17.8 Å². The van der Waals surface area contributed by atoms with E-state index in [1.165, 1.54) is 12.1 Å². The Balaban J connectivity index is 1.39. The average molecular weight is 444 g/mol. The number of hydrogen-bond acceptors (Lipinski definition) is 5. The molecule has 1 aliphatic rings. The Kier molecular flexibility index (Phi) is 6.02. The molecule has 1 fully saturated rings. The van der Waals surface area contributed by atoms with Gasteiger partial charge in [0.25, 0.3) is 0 Å². The molecule has 1 aromatic carbocycles. The highest BCUT2D eigenvalue weighted by Crippen LogP contribution is 2.29. The Morgan fingerprint density at radius 1 is 1.19 bits per heavy atom. The zero-order valence-corrected chi connectivity index (χ0v) is 17.9. The largest absolute Gasteiger partial charge is 0.389 e. The van der Waals surface area contributed by atoms with Crippen LogP contribution in [-0.4, -0.2) is 54.4 Å². The summed E-state index contributed by atoms with van der Waals surface area (Å²) < 4.78 is 14.7. The predicted octanol–water partition coefficient (Wildman–Crippen LogP) is 3.04. The summed E-state index contributed by atoms with van der Waals surface area (Å²) in [5, 5.41) is 15.8. The number of amides is 1. The third-order valence-corrected chi connectivity index (χ3v) is 6.14. The number of aromatic nitrogens is 4. The molecule has 0 spiro atoms. The van der Waals surface area contributed by atoms with Crippen molar-refractivity contribution in [3.05, 3.63) is 64.8 Å².